The molecule has 0 radical (unpaired) electrons. The summed E-state index contributed by atoms with van der Waals surface area (Å²) in [6.07, 6.45) is 4.32. The fourth-order valence-corrected chi connectivity index (χ4v) is 3.70. The molecular weight excluding hydrogens is 300 g/mol. The number of H-pyrrole nitrogens is 1. The van der Waals surface area contributed by atoms with Crippen LogP contribution in [0.1, 0.15) is 43.6 Å². The molecule has 1 heterocycles. The van der Waals surface area contributed by atoms with Gasteiger partial charge in [-0.3, -0.25) is 4.79 Å². The summed E-state index contributed by atoms with van der Waals surface area (Å²) in [4.78, 5) is 14.6. The maximum Gasteiger partial charge on any atom is 0.267 e. The molecule has 2 unspecified atom stereocenters. The van der Waals surface area contributed by atoms with E-state index in [-0.39, 0.29) is 22.5 Å². The lowest BCUT2D eigenvalue weighted by atomic mass is 9.80. The molecule has 2 rings (SSSR count). The Morgan fingerprint density at radius 2 is 1.90 bits per heavy atom. The molecule has 1 saturated carbocycles. The van der Waals surface area contributed by atoms with Gasteiger partial charge in [0, 0.05) is 22.9 Å². The summed E-state index contributed by atoms with van der Waals surface area (Å²) in [6.45, 7) is 4.36. The normalized spacial score (nSPS) is 27.2. The molecule has 112 valence electrons. The van der Waals surface area contributed by atoms with Crippen molar-refractivity contribution in [3.05, 3.63) is 18.0 Å². The Labute approximate surface area is 123 Å². The number of halogens is 1. The van der Waals surface area contributed by atoms with Crippen LogP contribution in [0.2, 0.25) is 0 Å². The molecule has 1 aromatic heterocycles. The molecule has 2 N–H and O–H groups in total. The van der Waals surface area contributed by atoms with Crippen LogP contribution < -0.4 is 5.32 Å². The SMILES string of the molecule is CC1CC(C)CC(NC(=O)c2cc(S(=O)(=O)Cl)c[nH]2)C1. The highest BCUT2D eigenvalue weighted by molar-refractivity contribution is 8.13. The summed E-state index contributed by atoms with van der Waals surface area (Å²) >= 11 is 0. The smallest absolute Gasteiger partial charge is 0.267 e. The third-order valence-corrected chi connectivity index (χ3v) is 5.03. The molecular formula is C13H19ClN2O3S. The van der Waals surface area contributed by atoms with E-state index >= 15 is 0 Å². The molecule has 1 aromatic rings. The van der Waals surface area contributed by atoms with Crippen molar-refractivity contribution in [2.24, 2.45) is 11.8 Å². The number of hydrogen-bond donors (Lipinski definition) is 2. The fourth-order valence-electron chi connectivity index (χ4n) is 2.97. The zero-order valence-electron chi connectivity index (χ0n) is 11.5. The van der Waals surface area contributed by atoms with E-state index in [9.17, 15) is 13.2 Å². The molecule has 0 spiro atoms. The van der Waals surface area contributed by atoms with Crippen molar-refractivity contribution in [2.45, 2.75) is 44.0 Å². The number of aromatic amines is 1. The molecule has 1 aliphatic carbocycles. The van der Waals surface area contributed by atoms with E-state index in [0.717, 1.165) is 12.8 Å². The van der Waals surface area contributed by atoms with Crippen molar-refractivity contribution in [2.75, 3.05) is 0 Å². The number of carbonyl (C=O) groups excluding carboxylic acids is 1. The van der Waals surface area contributed by atoms with Crippen molar-refractivity contribution >= 4 is 25.6 Å². The minimum absolute atomic E-state index is 0.0882. The van der Waals surface area contributed by atoms with Crippen molar-refractivity contribution in [3.63, 3.8) is 0 Å². The Balaban J connectivity index is 2.03. The molecule has 1 amide bonds. The van der Waals surface area contributed by atoms with Crippen molar-refractivity contribution in [1.29, 1.82) is 0 Å². The van der Waals surface area contributed by atoms with E-state index in [1.54, 1.807) is 0 Å². The maximum atomic E-state index is 12.1. The van der Waals surface area contributed by atoms with Crippen molar-refractivity contribution in [1.82, 2.24) is 10.3 Å². The number of hydrogen-bond acceptors (Lipinski definition) is 3. The van der Waals surface area contributed by atoms with Gasteiger partial charge in [0.25, 0.3) is 15.0 Å². The van der Waals surface area contributed by atoms with Crippen molar-refractivity contribution in [3.8, 4) is 0 Å². The second-order valence-corrected chi connectivity index (χ2v) is 8.34. The lowest BCUT2D eigenvalue weighted by molar-refractivity contribution is 0.0906. The molecule has 0 aromatic carbocycles. The molecule has 1 aliphatic rings. The third kappa shape index (κ3) is 3.76. The van der Waals surface area contributed by atoms with Crippen LogP contribution in [0.3, 0.4) is 0 Å². The van der Waals surface area contributed by atoms with Gasteiger partial charge in [0.05, 0.1) is 0 Å². The van der Waals surface area contributed by atoms with Gasteiger partial charge in [-0.2, -0.15) is 0 Å². The first-order chi connectivity index (χ1) is 9.25. The first-order valence-corrected chi connectivity index (χ1v) is 9.00. The van der Waals surface area contributed by atoms with E-state index in [4.69, 9.17) is 10.7 Å². The first-order valence-electron chi connectivity index (χ1n) is 6.69. The van der Waals surface area contributed by atoms with Gasteiger partial charge < -0.3 is 10.3 Å². The maximum absolute atomic E-state index is 12.1. The van der Waals surface area contributed by atoms with Crippen LogP contribution in [0.5, 0.6) is 0 Å². The van der Waals surface area contributed by atoms with Crippen LogP contribution in [0.15, 0.2) is 17.2 Å². The first kappa shape index (κ1) is 15.4. The van der Waals surface area contributed by atoms with Gasteiger partial charge in [0.1, 0.15) is 10.6 Å². The molecule has 0 aliphatic heterocycles. The molecule has 0 bridgehead atoms. The number of nitrogens with one attached hydrogen (secondary N) is 2. The highest BCUT2D eigenvalue weighted by atomic mass is 35.7. The quantitative estimate of drug-likeness (QED) is 0.840. The Hall–Kier alpha value is -1.01. The zero-order chi connectivity index (χ0) is 14.9. The zero-order valence-corrected chi connectivity index (χ0v) is 13.1. The lowest BCUT2D eigenvalue weighted by Gasteiger charge is -2.31. The number of carbonyl (C=O) groups is 1. The minimum Gasteiger partial charge on any atom is -0.356 e. The molecule has 20 heavy (non-hydrogen) atoms. The second kappa shape index (κ2) is 5.77. The van der Waals surface area contributed by atoms with Gasteiger partial charge >= 0.3 is 0 Å². The van der Waals surface area contributed by atoms with E-state index in [2.05, 4.69) is 24.1 Å². The molecule has 1 fully saturated rings. The van der Waals surface area contributed by atoms with Crippen LogP contribution in [0.4, 0.5) is 0 Å². The average molecular weight is 319 g/mol. The topological polar surface area (TPSA) is 79.0 Å². The molecule has 5 nitrogen and oxygen atoms in total. The standard InChI is InChI=1S/C13H19ClN2O3S/c1-8-3-9(2)5-10(4-8)16-13(17)12-6-11(7-15-12)20(14,18)19/h6-10,15H,3-5H2,1-2H3,(H,16,17). The third-order valence-electron chi connectivity index (χ3n) is 3.70. The summed E-state index contributed by atoms with van der Waals surface area (Å²) in [5.74, 6) is 0.890. The Morgan fingerprint density at radius 1 is 1.30 bits per heavy atom. The van der Waals surface area contributed by atoms with Gasteiger partial charge in [0.2, 0.25) is 0 Å². The van der Waals surface area contributed by atoms with Gasteiger partial charge in [-0.05, 0) is 37.2 Å². The highest BCUT2D eigenvalue weighted by Crippen LogP contribution is 2.28. The minimum atomic E-state index is -3.81. The predicted octanol–water partition coefficient (Wildman–Crippen LogP) is 2.50. The van der Waals surface area contributed by atoms with E-state index in [1.807, 2.05) is 0 Å². The van der Waals surface area contributed by atoms with Gasteiger partial charge in [-0.25, -0.2) is 8.42 Å². The monoisotopic (exact) mass is 318 g/mol. The van der Waals surface area contributed by atoms with E-state index < -0.39 is 9.05 Å². The van der Waals surface area contributed by atoms with E-state index in [0.29, 0.717) is 11.8 Å². The van der Waals surface area contributed by atoms with Crippen LogP contribution in [0.25, 0.3) is 0 Å². The second-order valence-electron chi connectivity index (χ2n) is 5.77. The summed E-state index contributed by atoms with van der Waals surface area (Å²) in [6, 6.07) is 1.40. The lowest BCUT2D eigenvalue weighted by Crippen LogP contribution is -2.40. The Morgan fingerprint density at radius 3 is 2.40 bits per heavy atom. The van der Waals surface area contributed by atoms with Crippen molar-refractivity contribution < 1.29 is 13.2 Å². The fraction of sp³-hybridized carbons (Fsp3) is 0.615. The summed E-state index contributed by atoms with van der Waals surface area (Å²) in [5.41, 5.74) is 0.218. The van der Waals surface area contributed by atoms with Gasteiger partial charge in [0.15, 0.2) is 0 Å². The highest BCUT2D eigenvalue weighted by Gasteiger charge is 2.26. The summed E-state index contributed by atoms with van der Waals surface area (Å²) in [5, 5.41) is 2.95. The molecule has 7 heteroatoms. The number of rotatable bonds is 3. The molecule has 2 atom stereocenters. The number of aromatic nitrogens is 1. The van der Waals surface area contributed by atoms with E-state index in [1.165, 1.54) is 18.7 Å². The van der Waals surface area contributed by atoms with Crippen LogP contribution in [-0.2, 0) is 9.05 Å². The van der Waals surface area contributed by atoms with Crippen LogP contribution in [0, 0.1) is 11.8 Å². The van der Waals surface area contributed by atoms with Gasteiger partial charge in [-0.1, -0.05) is 13.8 Å². The largest absolute Gasteiger partial charge is 0.356 e. The Bertz CT molecular complexity index is 587. The molecule has 0 saturated heterocycles. The predicted molar refractivity (Wildman–Crippen MR) is 77.3 cm³/mol. The van der Waals surface area contributed by atoms with Gasteiger partial charge in [-0.15, -0.1) is 0 Å². The number of amides is 1. The van der Waals surface area contributed by atoms with Crippen LogP contribution >= 0.6 is 10.7 Å². The summed E-state index contributed by atoms with van der Waals surface area (Å²) < 4.78 is 22.3. The van der Waals surface area contributed by atoms with Crippen LogP contribution in [-0.4, -0.2) is 25.4 Å². The average Bonchev–Trinajstić information content (AvgIpc) is 2.75. The summed E-state index contributed by atoms with van der Waals surface area (Å²) in [7, 11) is 1.42. The Kier molecular flexibility index (Phi) is 4.44.